The fourth-order valence-corrected chi connectivity index (χ4v) is 2.21. The molecule has 3 rings (SSSR count). The van der Waals surface area contributed by atoms with Gasteiger partial charge in [-0.25, -0.2) is 4.98 Å². The molecule has 0 bridgehead atoms. The van der Waals surface area contributed by atoms with Crippen molar-refractivity contribution in [3.8, 4) is 0 Å². The Hall–Kier alpha value is -1.35. The predicted molar refractivity (Wildman–Crippen MR) is 50.6 cm³/mol. The number of pyridine rings is 1. The molecule has 3 heteroatoms. The molecule has 3 aromatic heterocycles. The SMILES string of the molecule is c1ccn2c(c1)nc1ccsc12. The van der Waals surface area contributed by atoms with Crippen LogP contribution in [0.2, 0.25) is 0 Å². The molecule has 0 saturated carbocycles. The Morgan fingerprint density at radius 1 is 1.25 bits per heavy atom. The summed E-state index contributed by atoms with van der Waals surface area (Å²) in [6.45, 7) is 0. The van der Waals surface area contributed by atoms with Crippen LogP contribution in [0.25, 0.3) is 16.0 Å². The van der Waals surface area contributed by atoms with Crippen molar-refractivity contribution in [1.29, 1.82) is 0 Å². The van der Waals surface area contributed by atoms with Crippen molar-refractivity contribution >= 4 is 27.3 Å². The monoisotopic (exact) mass is 174 g/mol. The first-order valence-corrected chi connectivity index (χ1v) is 4.63. The zero-order valence-electron chi connectivity index (χ0n) is 6.27. The lowest BCUT2D eigenvalue weighted by molar-refractivity contribution is 1.24. The van der Waals surface area contributed by atoms with Gasteiger partial charge in [0.05, 0.1) is 0 Å². The van der Waals surface area contributed by atoms with E-state index in [2.05, 4.69) is 14.8 Å². The number of hydrogen-bond acceptors (Lipinski definition) is 2. The fourth-order valence-electron chi connectivity index (χ4n) is 1.38. The minimum absolute atomic E-state index is 1.03. The first kappa shape index (κ1) is 6.20. The highest BCUT2D eigenvalue weighted by Gasteiger charge is 2.02. The van der Waals surface area contributed by atoms with Gasteiger partial charge in [0.2, 0.25) is 0 Å². The molecule has 3 heterocycles. The van der Waals surface area contributed by atoms with E-state index in [0.717, 1.165) is 11.2 Å². The summed E-state index contributed by atoms with van der Waals surface area (Å²) in [5.41, 5.74) is 2.12. The number of hydrogen-bond donors (Lipinski definition) is 0. The van der Waals surface area contributed by atoms with Gasteiger partial charge in [0, 0.05) is 6.20 Å². The third-order valence-corrected chi connectivity index (χ3v) is 2.82. The van der Waals surface area contributed by atoms with Crippen LogP contribution >= 0.6 is 11.3 Å². The van der Waals surface area contributed by atoms with Crippen LogP contribution in [0.15, 0.2) is 35.8 Å². The van der Waals surface area contributed by atoms with Crippen molar-refractivity contribution in [3.63, 3.8) is 0 Å². The topological polar surface area (TPSA) is 17.3 Å². The lowest BCUT2D eigenvalue weighted by atomic mass is 10.5. The highest BCUT2D eigenvalue weighted by atomic mass is 32.1. The average molecular weight is 174 g/mol. The normalized spacial score (nSPS) is 11.3. The van der Waals surface area contributed by atoms with Crippen LogP contribution < -0.4 is 0 Å². The van der Waals surface area contributed by atoms with E-state index in [-0.39, 0.29) is 0 Å². The molecular formula is C9H6N2S. The molecule has 12 heavy (non-hydrogen) atoms. The average Bonchev–Trinajstić information content (AvgIpc) is 2.62. The van der Waals surface area contributed by atoms with E-state index in [0.29, 0.717) is 0 Å². The molecule has 0 radical (unpaired) electrons. The minimum atomic E-state index is 1.03. The van der Waals surface area contributed by atoms with Crippen LogP contribution in [-0.4, -0.2) is 9.38 Å². The van der Waals surface area contributed by atoms with Crippen molar-refractivity contribution in [1.82, 2.24) is 9.38 Å². The molecule has 2 nitrogen and oxygen atoms in total. The van der Waals surface area contributed by atoms with Gasteiger partial charge in [0.25, 0.3) is 0 Å². The van der Waals surface area contributed by atoms with E-state index in [4.69, 9.17) is 0 Å². The smallest absolute Gasteiger partial charge is 0.138 e. The van der Waals surface area contributed by atoms with Crippen molar-refractivity contribution in [2.75, 3.05) is 0 Å². The maximum atomic E-state index is 4.45. The summed E-state index contributed by atoms with van der Waals surface area (Å²) >= 11 is 1.72. The van der Waals surface area contributed by atoms with Gasteiger partial charge in [0.1, 0.15) is 16.0 Å². The zero-order chi connectivity index (χ0) is 7.97. The number of rotatable bonds is 0. The van der Waals surface area contributed by atoms with Crippen LogP contribution in [0.5, 0.6) is 0 Å². The number of nitrogens with zero attached hydrogens (tertiary/aromatic N) is 2. The molecule has 0 saturated heterocycles. The van der Waals surface area contributed by atoms with Crippen molar-refractivity contribution in [3.05, 3.63) is 35.8 Å². The largest absolute Gasteiger partial charge is 0.291 e. The van der Waals surface area contributed by atoms with Crippen molar-refractivity contribution in [2.45, 2.75) is 0 Å². The second-order valence-corrected chi connectivity index (χ2v) is 3.55. The molecule has 0 spiro atoms. The zero-order valence-corrected chi connectivity index (χ0v) is 7.08. The Morgan fingerprint density at radius 2 is 2.25 bits per heavy atom. The van der Waals surface area contributed by atoms with Gasteiger partial charge < -0.3 is 0 Å². The number of aromatic nitrogens is 2. The van der Waals surface area contributed by atoms with Gasteiger partial charge >= 0.3 is 0 Å². The van der Waals surface area contributed by atoms with Gasteiger partial charge in [-0.15, -0.1) is 11.3 Å². The summed E-state index contributed by atoms with van der Waals surface area (Å²) in [5, 5.41) is 2.07. The molecule has 0 aliphatic heterocycles. The second-order valence-electron chi connectivity index (χ2n) is 2.65. The summed E-state index contributed by atoms with van der Waals surface area (Å²) in [6.07, 6.45) is 2.04. The molecule has 0 N–H and O–H groups in total. The van der Waals surface area contributed by atoms with E-state index in [1.54, 1.807) is 11.3 Å². The standard InChI is InChI=1S/C9H6N2S/c1-2-5-11-8(3-1)10-7-4-6-12-9(7)11/h1-6H. The lowest BCUT2D eigenvalue weighted by Crippen LogP contribution is -1.78. The first-order chi connectivity index (χ1) is 5.95. The van der Waals surface area contributed by atoms with Gasteiger partial charge in [-0.05, 0) is 23.6 Å². The Labute approximate surface area is 73.1 Å². The van der Waals surface area contributed by atoms with E-state index in [9.17, 15) is 0 Å². The third-order valence-electron chi connectivity index (χ3n) is 1.92. The van der Waals surface area contributed by atoms with Gasteiger partial charge in [-0.2, -0.15) is 0 Å². The molecule has 0 atom stereocenters. The molecule has 0 amide bonds. The molecule has 58 valence electrons. The Balaban J connectivity index is 2.68. The molecule has 0 aliphatic carbocycles. The van der Waals surface area contributed by atoms with Crippen LogP contribution in [0.1, 0.15) is 0 Å². The number of thiophene rings is 1. The maximum Gasteiger partial charge on any atom is 0.138 e. The highest BCUT2D eigenvalue weighted by Crippen LogP contribution is 2.21. The quantitative estimate of drug-likeness (QED) is 0.512. The van der Waals surface area contributed by atoms with Crippen molar-refractivity contribution < 1.29 is 0 Å². The van der Waals surface area contributed by atoms with E-state index < -0.39 is 0 Å². The molecule has 0 aliphatic rings. The van der Waals surface area contributed by atoms with Gasteiger partial charge in [-0.3, -0.25) is 4.40 Å². The van der Waals surface area contributed by atoms with Gasteiger partial charge in [0.15, 0.2) is 0 Å². The molecule has 0 fully saturated rings. The van der Waals surface area contributed by atoms with Crippen LogP contribution in [0.4, 0.5) is 0 Å². The fraction of sp³-hybridized carbons (Fsp3) is 0. The number of imidazole rings is 1. The molecular weight excluding hydrogens is 168 g/mol. The van der Waals surface area contributed by atoms with Crippen LogP contribution in [-0.2, 0) is 0 Å². The maximum absolute atomic E-state index is 4.45. The van der Waals surface area contributed by atoms with Crippen molar-refractivity contribution in [2.24, 2.45) is 0 Å². The van der Waals surface area contributed by atoms with Crippen LogP contribution in [0.3, 0.4) is 0 Å². The van der Waals surface area contributed by atoms with E-state index in [1.165, 1.54) is 4.83 Å². The van der Waals surface area contributed by atoms with Crippen LogP contribution in [0, 0.1) is 0 Å². The molecule has 3 aromatic rings. The Bertz CT molecular complexity index is 534. The third kappa shape index (κ3) is 0.662. The number of fused-ring (bicyclic) bond motifs is 3. The molecule has 0 unspecified atom stereocenters. The second kappa shape index (κ2) is 2.08. The van der Waals surface area contributed by atoms with Gasteiger partial charge in [-0.1, -0.05) is 6.07 Å². The lowest BCUT2D eigenvalue weighted by Gasteiger charge is -1.89. The minimum Gasteiger partial charge on any atom is -0.291 e. The Kier molecular flexibility index (Phi) is 1.07. The van der Waals surface area contributed by atoms with E-state index >= 15 is 0 Å². The van der Waals surface area contributed by atoms with E-state index in [1.807, 2.05) is 30.5 Å². The summed E-state index contributed by atoms with van der Waals surface area (Å²) < 4.78 is 2.11. The summed E-state index contributed by atoms with van der Waals surface area (Å²) in [7, 11) is 0. The molecule has 0 aromatic carbocycles. The summed E-state index contributed by atoms with van der Waals surface area (Å²) in [5.74, 6) is 0. The Morgan fingerprint density at radius 3 is 3.25 bits per heavy atom. The first-order valence-electron chi connectivity index (χ1n) is 3.75. The summed E-state index contributed by atoms with van der Waals surface area (Å²) in [4.78, 5) is 5.68. The summed E-state index contributed by atoms with van der Waals surface area (Å²) in [6, 6.07) is 8.10. The predicted octanol–water partition coefficient (Wildman–Crippen LogP) is 2.55. The highest BCUT2D eigenvalue weighted by molar-refractivity contribution is 7.16.